The normalized spacial score (nSPS) is 12.0. The second-order valence-corrected chi connectivity index (χ2v) is 7.74. The van der Waals surface area contributed by atoms with Gasteiger partial charge in [-0.1, -0.05) is 23.1 Å². The van der Waals surface area contributed by atoms with Gasteiger partial charge in [-0.05, 0) is 31.2 Å². The number of furan rings is 1. The Balaban J connectivity index is 1.53. The van der Waals surface area contributed by atoms with Gasteiger partial charge >= 0.3 is 0 Å². The number of aromatic nitrogens is 2. The molecule has 1 aromatic carbocycles. The zero-order valence-corrected chi connectivity index (χ0v) is 15.2. The summed E-state index contributed by atoms with van der Waals surface area (Å²) >= 11 is 2.49. The van der Waals surface area contributed by atoms with Crippen molar-refractivity contribution in [3.05, 3.63) is 54.0 Å². The van der Waals surface area contributed by atoms with Gasteiger partial charge in [-0.2, -0.15) is 0 Å². The van der Waals surface area contributed by atoms with Crippen molar-refractivity contribution in [2.75, 3.05) is 10.6 Å². The van der Waals surface area contributed by atoms with Crippen LogP contribution in [0.4, 0.5) is 19.6 Å². The van der Waals surface area contributed by atoms with Crippen molar-refractivity contribution < 1.29 is 18.0 Å². The molecule has 26 heavy (non-hydrogen) atoms. The van der Waals surface area contributed by atoms with Crippen molar-refractivity contribution in [3.63, 3.8) is 0 Å². The van der Waals surface area contributed by atoms with Gasteiger partial charge in [-0.25, -0.2) is 8.78 Å². The first-order valence-electron chi connectivity index (χ1n) is 7.53. The lowest BCUT2D eigenvalue weighted by molar-refractivity contribution is -0.115. The van der Waals surface area contributed by atoms with Gasteiger partial charge in [-0.3, -0.25) is 4.79 Å². The van der Waals surface area contributed by atoms with Crippen molar-refractivity contribution in [2.24, 2.45) is 0 Å². The number of carbonyl (C=O) groups excluding carboxylic acids is 1. The van der Waals surface area contributed by atoms with E-state index in [9.17, 15) is 13.6 Å². The van der Waals surface area contributed by atoms with E-state index in [4.69, 9.17) is 4.42 Å². The Labute approximate surface area is 156 Å². The topological polar surface area (TPSA) is 80.1 Å². The molecule has 1 atom stereocenters. The van der Waals surface area contributed by atoms with Crippen LogP contribution < -0.4 is 10.6 Å². The van der Waals surface area contributed by atoms with Gasteiger partial charge in [0, 0.05) is 6.07 Å². The van der Waals surface area contributed by atoms with Crippen molar-refractivity contribution in [3.8, 4) is 0 Å². The maximum atomic E-state index is 13.6. The van der Waals surface area contributed by atoms with Crippen LogP contribution >= 0.6 is 23.1 Å². The first-order valence-corrected chi connectivity index (χ1v) is 9.23. The molecule has 1 unspecified atom stereocenters. The summed E-state index contributed by atoms with van der Waals surface area (Å²) in [5.74, 6) is -1.17. The van der Waals surface area contributed by atoms with Crippen molar-refractivity contribution >= 4 is 39.8 Å². The highest BCUT2D eigenvalue weighted by Gasteiger charge is 2.18. The molecular weight excluding hydrogens is 382 g/mol. The summed E-state index contributed by atoms with van der Waals surface area (Å²) < 4.78 is 32.3. The molecule has 136 valence electrons. The first-order chi connectivity index (χ1) is 12.5. The standard InChI is InChI=1S/C16H14F2N4O2S2/c1-9(14(23)20-13-5-4-10(17)7-12(13)18)25-16-22-21-15(26-16)19-8-11-3-2-6-24-11/h2-7,9H,8H2,1H3,(H,19,21)(H,20,23). The Morgan fingerprint density at radius 2 is 2.19 bits per heavy atom. The fraction of sp³-hybridized carbons (Fsp3) is 0.188. The molecule has 6 nitrogen and oxygen atoms in total. The van der Waals surface area contributed by atoms with Gasteiger partial charge in [-0.15, -0.1) is 10.2 Å². The minimum atomic E-state index is -0.823. The third-order valence-electron chi connectivity index (χ3n) is 3.24. The number of rotatable bonds is 7. The Kier molecular flexibility index (Phi) is 5.84. The van der Waals surface area contributed by atoms with Crippen molar-refractivity contribution in [1.82, 2.24) is 10.2 Å². The van der Waals surface area contributed by atoms with E-state index in [-0.39, 0.29) is 5.69 Å². The van der Waals surface area contributed by atoms with E-state index in [1.807, 2.05) is 6.07 Å². The van der Waals surface area contributed by atoms with E-state index in [0.29, 0.717) is 16.0 Å². The van der Waals surface area contributed by atoms with Gasteiger partial charge in [0.25, 0.3) is 0 Å². The molecule has 2 heterocycles. The Morgan fingerprint density at radius 1 is 1.35 bits per heavy atom. The summed E-state index contributed by atoms with van der Waals surface area (Å²) in [6, 6.07) is 6.61. The molecule has 1 amide bonds. The van der Waals surface area contributed by atoms with Gasteiger partial charge in [0.2, 0.25) is 11.0 Å². The molecule has 3 rings (SSSR count). The number of nitrogens with zero attached hydrogens (tertiary/aromatic N) is 2. The highest BCUT2D eigenvalue weighted by molar-refractivity contribution is 8.02. The Bertz CT molecular complexity index is 886. The Hall–Kier alpha value is -2.46. The third kappa shape index (κ3) is 4.79. The zero-order valence-electron chi connectivity index (χ0n) is 13.5. The molecule has 0 aliphatic rings. The number of thioether (sulfide) groups is 1. The second kappa shape index (κ2) is 8.28. The van der Waals surface area contributed by atoms with Crippen LogP contribution in [0.1, 0.15) is 12.7 Å². The van der Waals surface area contributed by atoms with Crippen molar-refractivity contribution in [2.45, 2.75) is 23.1 Å². The summed E-state index contributed by atoms with van der Waals surface area (Å²) in [6.45, 7) is 2.14. The number of nitrogens with one attached hydrogen (secondary N) is 2. The molecule has 10 heteroatoms. The minimum absolute atomic E-state index is 0.0677. The number of hydrogen-bond donors (Lipinski definition) is 2. The first kappa shape index (κ1) is 18.3. The van der Waals surface area contributed by atoms with Crippen LogP contribution in [0.3, 0.4) is 0 Å². The molecule has 0 saturated carbocycles. The molecule has 0 bridgehead atoms. The average molecular weight is 396 g/mol. The molecule has 2 N–H and O–H groups in total. The molecule has 0 aliphatic carbocycles. The van der Waals surface area contributed by atoms with Crippen LogP contribution in [0, 0.1) is 11.6 Å². The van der Waals surface area contributed by atoms with Crippen LogP contribution in [0.15, 0.2) is 45.4 Å². The van der Waals surface area contributed by atoms with E-state index in [0.717, 1.165) is 17.9 Å². The van der Waals surface area contributed by atoms with Crippen LogP contribution in [0.2, 0.25) is 0 Å². The van der Waals surface area contributed by atoms with Crippen LogP contribution in [-0.4, -0.2) is 21.4 Å². The third-order valence-corrected chi connectivity index (χ3v) is 5.30. The second-order valence-electron chi connectivity index (χ2n) is 5.18. The van der Waals surface area contributed by atoms with E-state index in [1.54, 1.807) is 19.3 Å². The number of anilines is 2. The maximum absolute atomic E-state index is 13.6. The smallest absolute Gasteiger partial charge is 0.237 e. The van der Waals surface area contributed by atoms with Gasteiger partial charge in [0.15, 0.2) is 4.34 Å². The van der Waals surface area contributed by atoms with E-state index < -0.39 is 22.8 Å². The monoisotopic (exact) mass is 396 g/mol. The van der Waals surface area contributed by atoms with Gasteiger partial charge in [0.05, 0.1) is 23.7 Å². The molecule has 0 saturated heterocycles. The van der Waals surface area contributed by atoms with E-state index in [1.165, 1.54) is 29.2 Å². The summed E-state index contributed by atoms with van der Waals surface area (Å²) in [6.07, 6.45) is 1.59. The van der Waals surface area contributed by atoms with Crippen LogP contribution in [0.25, 0.3) is 0 Å². The zero-order chi connectivity index (χ0) is 18.5. The minimum Gasteiger partial charge on any atom is -0.467 e. The van der Waals surface area contributed by atoms with Gasteiger partial charge in [0.1, 0.15) is 17.4 Å². The summed E-state index contributed by atoms with van der Waals surface area (Å²) in [4.78, 5) is 12.2. The lowest BCUT2D eigenvalue weighted by Gasteiger charge is -2.10. The van der Waals surface area contributed by atoms with E-state index >= 15 is 0 Å². The quantitative estimate of drug-likeness (QED) is 0.584. The number of amides is 1. The summed E-state index contributed by atoms with van der Waals surface area (Å²) in [5, 5.41) is 13.6. The molecule has 3 aromatic rings. The lowest BCUT2D eigenvalue weighted by atomic mass is 10.3. The lowest BCUT2D eigenvalue weighted by Crippen LogP contribution is -2.22. The number of hydrogen-bond acceptors (Lipinski definition) is 7. The Morgan fingerprint density at radius 3 is 2.92 bits per heavy atom. The number of benzene rings is 1. The van der Waals surface area contributed by atoms with Crippen LogP contribution in [-0.2, 0) is 11.3 Å². The largest absolute Gasteiger partial charge is 0.467 e. The molecule has 0 aliphatic heterocycles. The summed E-state index contributed by atoms with van der Waals surface area (Å²) in [5.41, 5.74) is -0.0677. The molecule has 0 spiro atoms. The predicted molar refractivity (Wildman–Crippen MR) is 96.3 cm³/mol. The average Bonchev–Trinajstić information content (AvgIpc) is 3.27. The highest BCUT2D eigenvalue weighted by Crippen LogP contribution is 2.30. The highest BCUT2D eigenvalue weighted by atomic mass is 32.2. The van der Waals surface area contributed by atoms with E-state index in [2.05, 4.69) is 20.8 Å². The molecule has 2 aromatic heterocycles. The summed E-state index contributed by atoms with van der Waals surface area (Å²) in [7, 11) is 0. The molecule has 0 fully saturated rings. The SMILES string of the molecule is CC(Sc1nnc(NCc2ccco2)s1)C(=O)Nc1ccc(F)cc1F. The predicted octanol–water partition coefficient (Wildman–Crippen LogP) is 4.14. The maximum Gasteiger partial charge on any atom is 0.237 e. The molecule has 0 radical (unpaired) electrons. The number of carbonyl (C=O) groups is 1. The van der Waals surface area contributed by atoms with Crippen LogP contribution in [0.5, 0.6) is 0 Å². The molecular formula is C16H14F2N4O2S2. The number of halogens is 2. The van der Waals surface area contributed by atoms with Gasteiger partial charge < -0.3 is 15.1 Å². The fourth-order valence-electron chi connectivity index (χ4n) is 1.93. The fourth-order valence-corrected chi connectivity index (χ4v) is 3.83. The van der Waals surface area contributed by atoms with Crippen molar-refractivity contribution in [1.29, 1.82) is 0 Å².